The van der Waals surface area contributed by atoms with E-state index >= 15 is 0 Å². The number of likely N-dealkylation sites (tertiary alicyclic amines) is 1. The maximum atomic E-state index is 13.5. The van der Waals surface area contributed by atoms with Crippen LogP contribution in [-0.2, 0) is 30.8 Å². The van der Waals surface area contributed by atoms with Gasteiger partial charge in [0.15, 0.2) is 5.96 Å². The van der Waals surface area contributed by atoms with Gasteiger partial charge < -0.3 is 26.4 Å². The number of esters is 1. The number of piperidine rings is 1. The molecule has 1 saturated heterocycles. The number of nitrogens with one attached hydrogen (secondary N) is 2. The molecule has 11 nitrogen and oxygen atoms in total. The van der Waals surface area contributed by atoms with E-state index < -0.39 is 16.1 Å². The standard InChI is InChI=1S/C25H40N6O5S/c1-17-15-20-5-3-7-22(23(20)29-16-17)37(34,35)30-21(6-4-11-28-25(26)27)24(33)31-12-8-19(9-13-31)10-14-36-18(2)32/h3,5,7,17,19,21,29-30H,4,6,8-16H2,1-2H3,(H4,26,27,28)/t17?,21-/m0/s1. The van der Waals surface area contributed by atoms with E-state index in [1.165, 1.54) is 6.92 Å². The predicted octanol–water partition coefficient (Wildman–Crippen LogP) is 1.18. The molecule has 1 amide bonds. The number of para-hydroxylation sites is 1. The minimum Gasteiger partial charge on any atom is -0.466 e. The van der Waals surface area contributed by atoms with Crippen molar-refractivity contribution in [2.45, 2.75) is 63.3 Å². The Kier molecular flexibility index (Phi) is 10.2. The molecule has 0 bridgehead atoms. The zero-order valence-corrected chi connectivity index (χ0v) is 22.6. The van der Waals surface area contributed by atoms with Gasteiger partial charge in [0.2, 0.25) is 15.9 Å². The van der Waals surface area contributed by atoms with Gasteiger partial charge >= 0.3 is 5.97 Å². The Hall–Kier alpha value is -2.86. The topological polar surface area (TPSA) is 169 Å². The van der Waals surface area contributed by atoms with Gasteiger partial charge in [-0.2, -0.15) is 4.72 Å². The lowest BCUT2D eigenvalue weighted by atomic mass is 9.93. The second-order valence-electron chi connectivity index (χ2n) is 10.0. The molecule has 2 aliphatic rings. The van der Waals surface area contributed by atoms with Gasteiger partial charge in [-0.25, -0.2) is 8.42 Å². The summed E-state index contributed by atoms with van der Waals surface area (Å²) < 4.78 is 34.8. The Labute approximate surface area is 219 Å². The molecule has 2 aliphatic heterocycles. The van der Waals surface area contributed by atoms with Crippen molar-refractivity contribution in [3.8, 4) is 0 Å². The van der Waals surface area contributed by atoms with Crippen molar-refractivity contribution in [3.63, 3.8) is 0 Å². The summed E-state index contributed by atoms with van der Waals surface area (Å²) in [5.41, 5.74) is 12.4. The van der Waals surface area contributed by atoms with Crippen molar-refractivity contribution in [1.82, 2.24) is 9.62 Å². The SMILES string of the molecule is CC(=O)OCCC1CCN(C(=O)[C@H](CCCN=C(N)N)NS(=O)(=O)c2cccc3c2NCC(C)C3)CC1. The van der Waals surface area contributed by atoms with E-state index in [1.54, 1.807) is 17.0 Å². The molecule has 6 N–H and O–H groups in total. The number of carbonyl (C=O) groups is 2. The van der Waals surface area contributed by atoms with E-state index in [0.717, 1.165) is 31.2 Å². The average molecular weight is 537 g/mol. The van der Waals surface area contributed by atoms with E-state index in [2.05, 4.69) is 22.0 Å². The fourth-order valence-electron chi connectivity index (χ4n) is 4.91. The molecule has 0 spiro atoms. The number of nitrogens with two attached hydrogens (primary N) is 2. The lowest BCUT2D eigenvalue weighted by molar-refractivity contribution is -0.141. The van der Waals surface area contributed by atoms with Gasteiger partial charge in [-0.3, -0.25) is 14.6 Å². The number of nitrogens with zero attached hydrogens (tertiary/aromatic N) is 2. The van der Waals surface area contributed by atoms with Crippen molar-refractivity contribution >= 4 is 33.5 Å². The minimum atomic E-state index is -3.98. The highest BCUT2D eigenvalue weighted by molar-refractivity contribution is 7.89. The van der Waals surface area contributed by atoms with Crippen LogP contribution in [0.25, 0.3) is 0 Å². The number of amides is 1. The molecule has 2 heterocycles. The molecule has 37 heavy (non-hydrogen) atoms. The second kappa shape index (κ2) is 13.1. The Morgan fingerprint density at radius 1 is 1.27 bits per heavy atom. The minimum absolute atomic E-state index is 0.0458. The Bertz CT molecular complexity index is 1080. The molecular formula is C25H40N6O5S. The molecular weight excluding hydrogens is 496 g/mol. The van der Waals surface area contributed by atoms with E-state index in [-0.39, 0.29) is 29.2 Å². The van der Waals surface area contributed by atoms with Crippen molar-refractivity contribution in [3.05, 3.63) is 23.8 Å². The molecule has 12 heteroatoms. The van der Waals surface area contributed by atoms with Gasteiger partial charge in [-0.05, 0) is 62.0 Å². The van der Waals surface area contributed by atoms with Crippen LogP contribution in [0, 0.1) is 11.8 Å². The fourth-order valence-corrected chi connectivity index (χ4v) is 6.36. The molecule has 1 aromatic rings. The van der Waals surface area contributed by atoms with Crippen LogP contribution in [0.2, 0.25) is 0 Å². The number of hydrogen-bond acceptors (Lipinski definition) is 7. The molecule has 1 unspecified atom stereocenters. The molecule has 0 aliphatic carbocycles. The fraction of sp³-hybridized carbons (Fsp3) is 0.640. The number of rotatable bonds is 11. The summed E-state index contributed by atoms with van der Waals surface area (Å²) in [6.45, 7) is 5.90. The van der Waals surface area contributed by atoms with Gasteiger partial charge in [0.05, 0.1) is 12.3 Å². The summed E-state index contributed by atoms with van der Waals surface area (Å²) in [6, 6.07) is 4.30. The maximum absolute atomic E-state index is 13.5. The monoisotopic (exact) mass is 536 g/mol. The van der Waals surface area contributed by atoms with Crippen molar-refractivity contribution in [1.29, 1.82) is 0 Å². The second-order valence-corrected chi connectivity index (χ2v) is 11.7. The summed E-state index contributed by atoms with van der Waals surface area (Å²) in [7, 11) is -3.98. The third-order valence-electron chi connectivity index (χ3n) is 6.90. The van der Waals surface area contributed by atoms with Crippen LogP contribution in [0.1, 0.15) is 51.5 Å². The van der Waals surface area contributed by atoms with Crippen LogP contribution in [0.5, 0.6) is 0 Å². The van der Waals surface area contributed by atoms with Crippen LogP contribution >= 0.6 is 0 Å². The molecule has 3 rings (SSSR count). The van der Waals surface area contributed by atoms with E-state index in [9.17, 15) is 18.0 Å². The highest BCUT2D eigenvalue weighted by Gasteiger charge is 2.33. The highest BCUT2D eigenvalue weighted by Crippen LogP contribution is 2.31. The first kappa shape index (κ1) is 28.7. The maximum Gasteiger partial charge on any atom is 0.302 e. The van der Waals surface area contributed by atoms with Gasteiger partial charge in [0.1, 0.15) is 10.9 Å². The number of fused-ring (bicyclic) bond motifs is 1. The van der Waals surface area contributed by atoms with Gasteiger partial charge in [-0.15, -0.1) is 0 Å². The first-order valence-electron chi connectivity index (χ1n) is 12.9. The smallest absolute Gasteiger partial charge is 0.302 e. The molecule has 0 radical (unpaired) electrons. The summed E-state index contributed by atoms with van der Waals surface area (Å²) in [6.07, 6.45) is 3.79. The molecule has 206 valence electrons. The summed E-state index contributed by atoms with van der Waals surface area (Å²) in [5.74, 6) is 0.159. The molecule has 0 saturated carbocycles. The summed E-state index contributed by atoms with van der Waals surface area (Å²) in [5, 5.41) is 3.25. The number of sulfonamides is 1. The normalized spacial score (nSPS) is 18.9. The van der Waals surface area contributed by atoms with Gasteiger partial charge in [0.25, 0.3) is 0 Å². The molecule has 0 aromatic heterocycles. The van der Waals surface area contributed by atoms with E-state index in [0.29, 0.717) is 56.7 Å². The zero-order valence-electron chi connectivity index (χ0n) is 21.7. The Morgan fingerprint density at radius 2 is 2.00 bits per heavy atom. The molecule has 1 fully saturated rings. The lowest BCUT2D eigenvalue weighted by Gasteiger charge is -2.34. The third kappa shape index (κ3) is 8.32. The lowest BCUT2D eigenvalue weighted by Crippen LogP contribution is -2.50. The van der Waals surface area contributed by atoms with Crippen molar-refractivity contribution < 1.29 is 22.7 Å². The Balaban J connectivity index is 1.71. The predicted molar refractivity (Wildman–Crippen MR) is 142 cm³/mol. The first-order chi connectivity index (χ1) is 17.6. The first-order valence-corrected chi connectivity index (χ1v) is 14.4. The largest absolute Gasteiger partial charge is 0.466 e. The van der Waals surface area contributed by atoms with Crippen LogP contribution in [-0.4, -0.2) is 70.0 Å². The number of benzene rings is 1. The van der Waals surface area contributed by atoms with Crippen LogP contribution in [0.3, 0.4) is 0 Å². The van der Waals surface area contributed by atoms with E-state index in [4.69, 9.17) is 16.2 Å². The van der Waals surface area contributed by atoms with Crippen LogP contribution in [0.4, 0.5) is 5.69 Å². The number of ether oxygens (including phenoxy) is 1. The van der Waals surface area contributed by atoms with Crippen molar-refractivity contribution in [2.24, 2.45) is 28.3 Å². The summed E-state index contributed by atoms with van der Waals surface area (Å²) in [4.78, 5) is 30.3. The number of aliphatic imine (C=N–C) groups is 1. The van der Waals surface area contributed by atoms with Crippen LogP contribution in [0.15, 0.2) is 28.1 Å². The number of guanidine groups is 1. The quantitative estimate of drug-likeness (QED) is 0.141. The third-order valence-corrected chi connectivity index (χ3v) is 8.41. The van der Waals surface area contributed by atoms with Gasteiger partial charge in [0, 0.05) is 33.1 Å². The van der Waals surface area contributed by atoms with Crippen molar-refractivity contribution in [2.75, 3.05) is 38.1 Å². The van der Waals surface area contributed by atoms with Crippen LogP contribution < -0.4 is 21.5 Å². The number of hydrogen-bond donors (Lipinski definition) is 4. The number of carbonyl (C=O) groups excluding carboxylic acids is 2. The summed E-state index contributed by atoms with van der Waals surface area (Å²) >= 11 is 0. The highest BCUT2D eigenvalue weighted by atomic mass is 32.2. The average Bonchev–Trinajstić information content (AvgIpc) is 2.85. The van der Waals surface area contributed by atoms with E-state index in [1.807, 2.05) is 6.07 Å². The molecule has 2 atom stereocenters. The number of anilines is 1. The van der Waals surface area contributed by atoms with Gasteiger partial charge in [-0.1, -0.05) is 19.1 Å². The zero-order chi connectivity index (χ0) is 27.0. The Morgan fingerprint density at radius 3 is 2.68 bits per heavy atom. The molecule has 1 aromatic carbocycles.